The molecule has 0 aromatic heterocycles. The van der Waals surface area contributed by atoms with E-state index in [1.54, 1.807) is 30.3 Å². The Morgan fingerprint density at radius 1 is 0.704 bits per heavy atom. The van der Waals surface area contributed by atoms with Crippen molar-refractivity contribution in [3.63, 3.8) is 0 Å². The lowest BCUT2D eigenvalue weighted by molar-refractivity contribution is -0.136. The Balaban J connectivity index is 0.000000223. The largest absolute Gasteiger partial charge is 0.481 e. The van der Waals surface area contributed by atoms with Crippen LogP contribution in [0.4, 0.5) is 0 Å². The van der Waals surface area contributed by atoms with Crippen LogP contribution in [0, 0.1) is 0 Å². The molecule has 0 amide bonds. The number of carboxylic acids is 2. The zero-order valence-electron chi connectivity index (χ0n) is 14.7. The number of carbonyl (C=O) groups is 2. The first-order valence-electron chi connectivity index (χ1n) is 8.37. The molecule has 0 aliphatic heterocycles. The predicted octanol–water partition coefficient (Wildman–Crippen LogP) is 4.63. The summed E-state index contributed by atoms with van der Waals surface area (Å²) >= 11 is 0. The van der Waals surface area contributed by atoms with Crippen molar-refractivity contribution in [2.45, 2.75) is 6.42 Å². The predicted molar refractivity (Wildman–Crippen MR) is 106 cm³/mol. The molecule has 0 spiro atoms. The molecule has 0 saturated carbocycles. The maximum Gasteiger partial charge on any atom is 0.336 e. The van der Waals surface area contributed by atoms with E-state index < -0.39 is 11.9 Å². The fourth-order valence-corrected chi connectivity index (χ4v) is 2.37. The average Bonchev–Trinajstić information content (AvgIpc) is 2.68. The van der Waals surface area contributed by atoms with E-state index in [9.17, 15) is 14.7 Å². The van der Waals surface area contributed by atoms with Crippen LogP contribution in [0.2, 0.25) is 0 Å². The van der Waals surface area contributed by atoms with Crippen molar-refractivity contribution in [3.05, 3.63) is 108 Å². The Hall–Kier alpha value is -3.66. The molecule has 3 aromatic carbocycles. The van der Waals surface area contributed by atoms with Crippen LogP contribution in [0.15, 0.2) is 91.0 Å². The molecular formula is C23H20O4. The van der Waals surface area contributed by atoms with E-state index in [2.05, 4.69) is 0 Å². The van der Waals surface area contributed by atoms with Gasteiger partial charge in [-0.2, -0.15) is 0 Å². The molecule has 3 rings (SSSR count). The van der Waals surface area contributed by atoms with Gasteiger partial charge in [0.25, 0.3) is 0 Å². The molecule has 4 nitrogen and oxygen atoms in total. The Bertz CT molecular complexity index is 885. The van der Waals surface area contributed by atoms with Gasteiger partial charge in [0.2, 0.25) is 0 Å². The molecule has 0 fully saturated rings. The molecule has 2 N–H and O–H groups in total. The minimum Gasteiger partial charge on any atom is -0.481 e. The second-order valence-corrected chi connectivity index (χ2v) is 5.70. The van der Waals surface area contributed by atoms with E-state index in [1.807, 2.05) is 66.7 Å². The van der Waals surface area contributed by atoms with E-state index in [0.29, 0.717) is 11.1 Å². The maximum atomic E-state index is 11.2. The first-order chi connectivity index (χ1) is 13.1. The maximum absolute atomic E-state index is 11.2. The Morgan fingerprint density at radius 2 is 1.19 bits per heavy atom. The highest BCUT2D eigenvalue weighted by Crippen LogP contribution is 2.18. The Kier molecular flexibility index (Phi) is 7.54. The van der Waals surface area contributed by atoms with E-state index in [-0.39, 0.29) is 6.42 Å². The minimum absolute atomic E-state index is 0.112. The third kappa shape index (κ3) is 7.00. The number of hydrogen-bond acceptors (Lipinski definition) is 2. The van der Waals surface area contributed by atoms with Crippen LogP contribution in [-0.4, -0.2) is 22.2 Å². The minimum atomic E-state index is -0.917. The summed E-state index contributed by atoms with van der Waals surface area (Å²) in [7, 11) is 0. The number of benzene rings is 3. The number of hydrogen-bond donors (Lipinski definition) is 2. The average molecular weight is 360 g/mol. The van der Waals surface area contributed by atoms with Gasteiger partial charge in [-0.15, -0.1) is 0 Å². The van der Waals surface area contributed by atoms with Crippen LogP contribution in [0.3, 0.4) is 0 Å². The van der Waals surface area contributed by atoms with E-state index >= 15 is 0 Å². The van der Waals surface area contributed by atoms with Crippen LogP contribution in [0.1, 0.15) is 16.7 Å². The smallest absolute Gasteiger partial charge is 0.336 e. The van der Waals surface area contributed by atoms with E-state index in [0.717, 1.165) is 11.1 Å². The molecule has 0 radical (unpaired) electrons. The quantitative estimate of drug-likeness (QED) is 0.514. The SMILES string of the molecule is O=C(O)C(=Cc1ccccc1)c1ccccc1.O=C(O)Cc1ccccc1. The molecule has 0 heterocycles. The lowest BCUT2D eigenvalue weighted by atomic mass is 10.0. The summed E-state index contributed by atoms with van der Waals surface area (Å²) in [6.07, 6.45) is 1.79. The first kappa shape index (κ1) is 19.7. The van der Waals surface area contributed by atoms with Crippen molar-refractivity contribution in [1.29, 1.82) is 0 Å². The zero-order chi connectivity index (χ0) is 19.5. The third-order valence-corrected chi connectivity index (χ3v) is 3.62. The van der Waals surface area contributed by atoms with Gasteiger partial charge in [-0.3, -0.25) is 4.79 Å². The van der Waals surface area contributed by atoms with Crippen LogP contribution >= 0.6 is 0 Å². The molecule has 0 atom stereocenters. The summed E-state index contributed by atoms with van der Waals surface area (Å²) in [4.78, 5) is 21.4. The number of aliphatic carboxylic acids is 2. The fraction of sp³-hybridized carbons (Fsp3) is 0.0435. The van der Waals surface area contributed by atoms with Crippen molar-refractivity contribution in [2.24, 2.45) is 0 Å². The van der Waals surface area contributed by atoms with Gasteiger partial charge in [0.1, 0.15) is 0 Å². The van der Waals surface area contributed by atoms with Crippen molar-refractivity contribution in [3.8, 4) is 0 Å². The van der Waals surface area contributed by atoms with Gasteiger partial charge in [0.05, 0.1) is 12.0 Å². The molecular weight excluding hydrogens is 340 g/mol. The van der Waals surface area contributed by atoms with Gasteiger partial charge in [0.15, 0.2) is 0 Å². The summed E-state index contributed by atoms with van der Waals surface area (Å²) in [6, 6.07) is 27.7. The lowest BCUT2D eigenvalue weighted by Gasteiger charge is -2.02. The second-order valence-electron chi connectivity index (χ2n) is 5.70. The lowest BCUT2D eigenvalue weighted by Crippen LogP contribution is -1.99. The molecule has 3 aromatic rings. The van der Waals surface area contributed by atoms with E-state index in [4.69, 9.17) is 5.11 Å². The topological polar surface area (TPSA) is 74.6 Å². The highest BCUT2D eigenvalue weighted by molar-refractivity contribution is 6.20. The molecule has 4 heteroatoms. The van der Waals surface area contributed by atoms with Crippen LogP contribution in [-0.2, 0) is 16.0 Å². The normalized spacial score (nSPS) is 10.4. The zero-order valence-corrected chi connectivity index (χ0v) is 14.7. The fourth-order valence-electron chi connectivity index (χ4n) is 2.37. The highest BCUT2D eigenvalue weighted by atomic mass is 16.4. The molecule has 0 bridgehead atoms. The van der Waals surface area contributed by atoms with Gasteiger partial charge in [-0.25, -0.2) is 4.79 Å². The van der Waals surface area contributed by atoms with E-state index in [1.165, 1.54) is 0 Å². The summed E-state index contributed by atoms with van der Waals surface area (Å²) in [5, 5.41) is 17.6. The third-order valence-electron chi connectivity index (χ3n) is 3.62. The monoisotopic (exact) mass is 360 g/mol. The molecule has 27 heavy (non-hydrogen) atoms. The summed E-state index contributed by atoms with van der Waals surface area (Å²) in [5.74, 6) is -1.70. The standard InChI is InChI=1S/C15H12O2.C8H8O2/c16-15(17)14(13-9-5-2-6-10-13)11-12-7-3-1-4-8-12;9-8(10)6-7-4-2-1-3-5-7/h1-11H,(H,16,17);1-5H,6H2,(H,9,10). The number of rotatable bonds is 5. The van der Waals surface area contributed by atoms with Crippen molar-refractivity contribution in [1.82, 2.24) is 0 Å². The van der Waals surface area contributed by atoms with Crippen LogP contribution < -0.4 is 0 Å². The Labute approximate surface area is 158 Å². The van der Waals surface area contributed by atoms with Crippen LogP contribution in [0.25, 0.3) is 11.6 Å². The molecule has 0 aliphatic carbocycles. The van der Waals surface area contributed by atoms with Crippen molar-refractivity contribution >= 4 is 23.6 Å². The van der Waals surface area contributed by atoms with Gasteiger partial charge in [-0.1, -0.05) is 91.0 Å². The van der Waals surface area contributed by atoms with Crippen molar-refractivity contribution < 1.29 is 19.8 Å². The summed E-state index contributed by atoms with van der Waals surface area (Å²) in [6.45, 7) is 0. The van der Waals surface area contributed by atoms with Gasteiger partial charge >= 0.3 is 11.9 Å². The Morgan fingerprint density at radius 3 is 1.67 bits per heavy atom. The number of carboxylic acid groups (broad SMARTS) is 2. The van der Waals surface area contributed by atoms with Gasteiger partial charge in [0, 0.05) is 0 Å². The van der Waals surface area contributed by atoms with Gasteiger partial charge < -0.3 is 10.2 Å². The molecule has 0 aliphatic rings. The first-order valence-corrected chi connectivity index (χ1v) is 8.37. The summed E-state index contributed by atoms with van der Waals surface area (Å²) in [5.41, 5.74) is 2.74. The molecule has 136 valence electrons. The molecule has 0 saturated heterocycles. The van der Waals surface area contributed by atoms with Crippen LogP contribution in [0.5, 0.6) is 0 Å². The van der Waals surface area contributed by atoms with Gasteiger partial charge in [-0.05, 0) is 22.8 Å². The molecule has 0 unspecified atom stereocenters. The summed E-state index contributed by atoms with van der Waals surface area (Å²) < 4.78 is 0. The second kappa shape index (κ2) is 10.4. The highest BCUT2D eigenvalue weighted by Gasteiger charge is 2.09. The van der Waals surface area contributed by atoms with Crippen molar-refractivity contribution in [2.75, 3.05) is 0 Å².